The molecule has 0 aromatic carbocycles. The van der Waals surface area contributed by atoms with Crippen molar-refractivity contribution in [3.63, 3.8) is 0 Å². The van der Waals surface area contributed by atoms with Crippen LogP contribution in [0.2, 0.25) is 0 Å². The Morgan fingerprint density at radius 2 is 2.33 bits per heavy atom. The summed E-state index contributed by atoms with van der Waals surface area (Å²) in [5.41, 5.74) is 5.42. The van der Waals surface area contributed by atoms with Crippen LogP contribution >= 0.6 is 0 Å². The summed E-state index contributed by atoms with van der Waals surface area (Å²) >= 11 is 0. The number of nitrogens with one attached hydrogen (secondary N) is 1. The normalized spacial score (nSPS) is 12.8. The lowest BCUT2D eigenvalue weighted by Crippen LogP contribution is -2.22. The number of carbonyl (C=O) groups excluding carboxylic acids is 1. The van der Waals surface area contributed by atoms with Crippen LogP contribution in [0.5, 0.6) is 0 Å². The largest absolute Gasteiger partial charge is 0.359 e. The minimum Gasteiger partial charge on any atom is -0.359 e. The summed E-state index contributed by atoms with van der Waals surface area (Å²) < 4.78 is 0. The maximum Gasteiger partial charge on any atom is 0.219 e. The lowest BCUT2D eigenvalue weighted by molar-refractivity contribution is -0.120. The second kappa shape index (κ2) is 4.32. The van der Waals surface area contributed by atoms with Crippen LogP contribution in [-0.2, 0) is 4.79 Å². The molecule has 0 unspecified atom stereocenters. The Kier molecular flexibility index (Phi) is 4.05. The van der Waals surface area contributed by atoms with Gasteiger partial charge in [0.25, 0.3) is 0 Å². The van der Waals surface area contributed by atoms with E-state index in [9.17, 15) is 4.79 Å². The lowest BCUT2D eigenvalue weighted by atomic mass is 10.2. The summed E-state index contributed by atoms with van der Waals surface area (Å²) in [5.74, 6) is 0.0623. The Balaban J connectivity index is 3.17. The molecule has 9 heavy (non-hydrogen) atoms. The maximum atomic E-state index is 10.5. The zero-order valence-electron chi connectivity index (χ0n) is 5.98. The molecule has 0 rings (SSSR count). The maximum absolute atomic E-state index is 10.5. The van der Waals surface area contributed by atoms with Crippen molar-refractivity contribution in [2.24, 2.45) is 5.73 Å². The second-order valence-electron chi connectivity index (χ2n) is 2.19. The molecule has 1 atom stereocenters. The van der Waals surface area contributed by atoms with Crippen LogP contribution in [0.15, 0.2) is 0 Å². The van der Waals surface area contributed by atoms with Crippen LogP contribution in [0.4, 0.5) is 0 Å². The Morgan fingerprint density at radius 1 is 1.78 bits per heavy atom. The van der Waals surface area contributed by atoms with E-state index in [2.05, 4.69) is 5.32 Å². The summed E-state index contributed by atoms with van der Waals surface area (Å²) in [6, 6.07) is 0.127. The Hall–Kier alpha value is -0.570. The Morgan fingerprint density at radius 3 is 2.67 bits per heavy atom. The molecule has 0 heterocycles. The average molecular weight is 130 g/mol. The first-order chi connectivity index (χ1) is 4.16. The highest BCUT2D eigenvalue weighted by Crippen LogP contribution is 1.91. The molecule has 3 heteroatoms. The van der Waals surface area contributed by atoms with Gasteiger partial charge in [-0.2, -0.15) is 0 Å². The molecule has 54 valence electrons. The van der Waals surface area contributed by atoms with Crippen LogP contribution in [0.1, 0.15) is 19.8 Å². The van der Waals surface area contributed by atoms with E-state index in [4.69, 9.17) is 5.73 Å². The molecule has 0 aliphatic rings. The fraction of sp³-hybridized carbons (Fsp3) is 0.833. The summed E-state index contributed by atoms with van der Waals surface area (Å²) in [4.78, 5) is 10.5. The van der Waals surface area contributed by atoms with Crippen molar-refractivity contribution in [2.45, 2.75) is 25.8 Å². The van der Waals surface area contributed by atoms with Crippen molar-refractivity contribution in [3.8, 4) is 0 Å². The number of hydrogen-bond acceptors (Lipinski definition) is 2. The molecule has 0 aromatic heterocycles. The molecule has 0 saturated heterocycles. The molecular formula is C6H14N2O. The van der Waals surface area contributed by atoms with Crippen molar-refractivity contribution < 1.29 is 4.79 Å². The SMILES string of the molecule is CNC(=O)CC[C@@H](C)N. The van der Waals surface area contributed by atoms with Gasteiger partial charge in [-0.05, 0) is 13.3 Å². The molecule has 0 radical (unpaired) electrons. The Labute approximate surface area is 55.6 Å². The van der Waals surface area contributed by atoms with E-state index in [1.807, 2.05) is 6.92 Å². The number of carbonyl (C=O) groups is 1. The highest BCUT2D eigenvalue weighted by molar-refractivity contribution is 5.75. The first-order valence-electron chi connectivity index (χ1n) is 3.13. The quantitative estimate of drug-likeness (QED) is 0.558. The third kappa shape index (κ3) is 5.30. The number of hydrogen-bond donors (Lipinski definition) is 2. The predicted octanol–water partition coefficient (Wildman–Crippen LogP) is -0.140. The first kappa shape index (κ1) is 8.43. The number of nitrogens with two attached hydrogens (primary N) is 1. The minimum absolute atomic E-state index is 0.0623. The van der Waals surface area contributed by atoms with E-state index in [1.165, 1.54) is 0 Å². The van der Waals surface area contributed by atoms with Gasteiger partial charge in [0, 0.05) is 19.5 Å². The molecular weight excluding hydrogens is 116 g/mol. The third-order valence-electron chi connectivity index (χ3n) is 1.11. The van der Waals surface area contributed by atoms with Gasteiger partial charge in [-0.1, -0.05) is 0 Å². The molecule has 3 N–H and O–H groups in total. The smallest absolute Gasteiger partial charge is 0.219 e. The van der Waals surface area contributed by atoms with Gasteiger partial charge in [-0.15, -0.1) is 0 Å². The van der Waals surface area contributed by atoms with Gasteiger partial charge in [0.1, 0.15) is 0 Å². The zero-order valence-corrected chi connectivity index (χ0v) is 5.98. The van der Waals surface area contributed by atoms with E-state index < -0.39 is 0 Å². The van der Waals surface area contributed by atoms with Crippen LogP contribution in [0, 0.1) is 0 Å². The van der Waals surface area contributed by atoms with Crippen molar-refractivity contribution in [2.75, 3.05) is 7.05 Å². The van der Waals surface area contributed by atoms with Gasteiger partial charge in [0.2, 0.25) is 5.91 Å². The van der Waals surface area contributed by atoms with Gasteiger partial charge >= 0.3 is 0 Å². The van der Waals surface area contributed by atoms with E-state index in [0.717, 1.165) is 6.42 Å². The van der Waals surface area contributed by atoms with Crippen LogP contribution < -0.4 is 11.1 Å². The zero-order chi connectivity index (χ0) is 7.28. The molecule has 0 aliphatic carbocycles. The summed E-state index contributed by atoms with van der Waals surface area (Å²) in [6.45, 7) is 1.89. The summed E-state index contributed by atoms with van der Waals surface area (Å²) in [7, 11) is 1.63. The summed E-state index contributed by atoms with van der Waals surface area (Å²) in [5, 5.41) is 2.53. The lowest BCUT2D eigenvalue weighted by Gasteiger charge is -2.01. The van der Waals surface area contributed by atoms with E-state index >= 15 is 0 Å². The van der Waals surface area contributed by atoms with Gasteiger partial charge in [-0.25, -0.2) is 0 Å². The van der Waals surface area contributed by atoms with E-state index in [-0.39, 0.29) is 11.9 Å². The molecule has 0 bridgehead atoms. The molecule has 1 amide bonds. The van der Waals surface area contributed by atoms with Crippen molar-refractivity contribution >= 4 is 5.91 Å². The highest BCUT2D eigenvalue weighted by atomic mass is 16.1. The van der Waals surface area contributed by atoms with Gasteiger partial charge < -0.3 is 11.1 Å². The molecule has 0 aliphatic heterocycles. The minimum atomic E-state index is 0.0623. The number of amides is 1. The fourth-order valence-corrected chi connectivity index (χ4v) is 0.484. The monoisotopic (exact) mass is 130 g/mol. The van der Waals surface area contributed by atoms with Crippen LogP contribution in [0.25, 0.3) is 0 Å². The molecule has 0 saturated carbocycles. The van der Waals surface area contributed by atoms with Crippen LogP contribution in [0.3, 0.4) is 0 Å². The molecule has 0 spiro atoms. The molecule has 3 nitrogen and oxygen atoms in total. The van der Waals surface area contributed by atoms with E-state index in [0.29, 0.717) is 6.42 Å². The van der Waals surface area contributed by atoms with Crippen LogP contribution in [-0.4, -0.2) is 19.0 Å². The molecule has 0 aromatic rings. The topological polar surface area (TPSA) is 55.1 Å². The first-order valence-corrected chi connectivity index (χ1v) is 3.13. The van der Waals surface area contributed by atoms with Crippen molar-refractivity contribution in [1.29, 1.82) is 0 Å². The van der Waals surface area contributed by atoms with Crippen molar-refractivity contribution in [3.05, 3.63) is 0 Å². The summed E-state index contributed by atoms with van der Waals surface area (Å²) in [6.07, 6.45) is 1.30. The molecule has 0 fully saturated rings. The van der Waals surface area contributed by atoms with Gasteiger partial charge in [0.05, 0.1) is 0 Å². The van der Waals surface area contributed by atoms with Crippen molar-refractivity contribution in [1.82, 2.24) is 5.32 Å². The van der Waals surface area contributed by atoms with Gasteiger partial charge in [-0.3, -0.25) is 4.79 Å². The third-order valence-corrected chi connectivity index (χ3v) is 1.11. The second-order valence-corrected chi connectivity index (χ2v) is 2.19. The average Bonchev–Trinajstić information content (AvgIpc) is 1.83. The Bertz CT molecular complexity index is 91.1. The predicted molar refractivity (Wildman–Crippen MR) is 37.0 cm³/mol. The highest BCUT2D eigenvalue weighted by Gasteiger charge is 1.98. The van der Waals surface area contributed by atoms with Gasteiger partial charge in [0.15, 0.2) is 0 Å². The number of rotatable bonds is 3. The fourth-order valence-electron chi connectivity index (χ4n) is 0.484. The standard InChI is InChI=1S/C6H14N2O/c1-5(7)3-4-6(9)8-2/h5H,3-4,7H2,1-2H3,(H,8,9)/t5-/m1/s1. The van der Waals surface area contributed by atoms with E-state index in [1.54, 1.807) is 7.05 Å².